The van der Waals surface area contributed by atoms with E-state index < -0.39 is 0 Å². The Kier molecular flexibility index (Phi) is 3.08. The first-order chi connectivity index (χ1) is 10.5. The number of aldehydes is 1. The molecule has 1 N–H and O–H groups in total. The Balaban J connectivity index is 1.67. The molecule has 120 valence electrons. The van der Waals surface area contributed by atoms with Crippen LogP contribution >= 0.6 is 0 Å². The third-order valence-electron chi connectivity index (χ3n) is 7.92. The molecule has 22 heavy (non-hydrogen) atoms. The number of hydrogen-bond donors (Lipinski definition) is 1. The molecule has 0 bridgehead atoms. The zero-order valence-electron chi connectivity index (χ0n) is 13.7. The quantitative estimate of drug-likeness (QED) is 0.757. The third kappa shape index (κ3) is 1.74. The van der Waals surface area contributed by atoms with Crippen LogP contribution in [0.5, 0.6) is 0 Å². The van der Waals surface area contributed by atoms with Crippen molar-refractivity contribution in [3.8, 4) is 0 Å². The number of hydrogen-bond acceptors (Lipinski definition) is 2. The number of rotatable bonds is 1. The maximum absolute atomic E-state index is 11.7. The van der Waals surface area contributed by atoms with Crippen molar-refractivity contribution < 1.29 is 9.59 Å². The lowest BCUT2D eigenvalue weighted by atomic mass is 9.48. The van der Waals surface area contributed by atoms with E-state index >= 15 is 0 Å². The molecule has 0 aromatic carbocycles. The molecule has 1 amide bonds. The fourth-order valence-electron chi connectivity index (χ4n) is 6.60. The van der Waals surface area contributed by atoms with Gasteiger partial charge in [0, 0.05) is 17.4 Å². The fourth-order valence-corrected chi connectivity index (χ4v) is 6.60. The van der Waals surface area contributed by atoms with Crippen LogP contribution in [0.2, 0.25) is 0 Å². The third-order valence-corrected chi connectivity index (χ3v) is 7.92. The maximum atomic E-state index is 11.7. The van der Waals surface area contributed by atoms with E-state index in [0.29, 0.717) is 17.9 Å². The topological polar surface area (TPSA) is 46.2 Å². The van der Waals surface area contributed by atoms with Crippen molar-refractivity contribution in [3.63, 3.8) is 0 Å². The Bertz CT molecular complexity index is 542. The Hall–Kier alpha value is -1.12. The molecular formula is C19H27NO2. The molecule has 7 unspecified atom stereocenters. The van der Waals surface area contributed by atoms with E-state index in [1.54, 1.807) is 6.08 Å². The Morgan fingerprint density at radius 3 is 2.73 bits per heavy atom. The number of nitrogens with one attached hydrogen (secondary N) is 1. The molecule has 1 heterocycles. The van der Waals surface area contributed by atoms with Crippen LogP contribution in [0.4, 0.5) is 0 Å². The van der Waals surface area contributed by atoms with Crippen LogP contribution in [0.15, 0.2) is 12.2 Å². The molecule has 0 saturated heterocycles. The van der Waals surface area contributed by atoms with E-state index in [1.165, 1.54) is 32.0 Å². The van der Waals surface area contributed by atoms with Crippen LogP contribution in [-0.2, 0) is 9.59 Å². The van der Waals surface area contributed by atoms with Crippen molar-refractivity contribution in [3.05, 3.63) is 12.2 Å². The maximum Gasteiger partial charge on any atom is 0.243 e. The van der Waals surface area contributed by atoms with Gasteiger partial charge >= 0.3 is 0 Å². The first-order valence-electron chi connectivity index (χ1n) is 8.94. The van der Waals surface area contributed by atoms with Gasteiger partial charge in [-0.1, -0.05) is 19.9 Å². The first kappa shape index (κ1) is 14.5. The van der Waals surface area contributed by atoms with Gasteiger partial charge < -0.3 is 10.1 Å². The molecule has 0 spiro atoms. The molecule has 4 rings (SSSR count). The highest BCUT2D eigenvalue weighted by atomic mass is 16.1. The summed E-state index contributed by atoms with van der Waals surface area (Å²) in [5, 5.41) is 3.20. The second kappa shape index (κ2) is 4.69. The number of carbonyl (C=O) groups is 2. The van der Waals surface area contributed by atoms with Gasteiger partial charge in [0.25, 0.3) is 0 Å². The molecular weight excluding hydrogens is 274 g/mol. The predicted octanol–water partition coefficient (Wildman–Crippen LogP) is 3.10. The molecule has 0 aromatic heterocycles. The monoisotopic (exact) mass is 301 g/mol. The smallest absolute Gasteiger partial charge is 0.243 e. The van der Waals surface area contributed by atoms with Crippen LogP contribution in [0.1, 0.15) is 52.4 Å². The summed E-state index contributed by atoms with van der Waals surface area (Å²) in [4.78, 5) is 23.2. The number of carbonyl (C=O) groups excluding carboxylic acids is 2. The van der Waals surface area contributed by atoms with Gasteiger partial charge in [0.2, 0.25) is 5.91 Å². The average molecular weight is 301 g/mol. The summed E-state index contributed by atoms with van der Waals surface area (Å²) in [5.41, 5.74) is 0.338. The minimum Gasteiger partial charge on any atom is -0.349 e. The summed E-state index contributed by atoms with van der Waals surface area (Å²) in [6.07, 6.45) is 12.2. The lowest BCUT2D eigenvalue weighted by Gasteiger charge is -2.58. The summed E-state index contributed by atoms with van der Waals surface area (Å²) in [7, 11) is 0. The van der Waals surface area contributed by atoms with E-state index in [9.17, 15) is 9.59 Å². The van der Waals surface area contributed by atoms with Crippen LogP contribution in [-0.4, -0.2) is 18.2 Å². The predicted molar refractivity (Wildman–Crippen MR) is 85.0 cm³/mol. The normalized spacial score (nSPS) is 53.2. The lowest BCUT2D eigenvalue weighted by molar-refractivity contribution is -0.125. The largest absolute Gasteiger partial charge is 0.349 e. The van der Waals surface area contributed by atoms with E-state index in [0.717, 1.165) is 18.8 Å². The molecule has 3 aliphatic carbocycles. The Labute approximate surface area is 132 Å². The summed E-state index contributed by atoms with van der Waals surface area (Å²) < 4.78 is 0. The number of amides is 1. The van der Waals surface area contributed by atoms with Crippen molar-refractivity contribution in [2.75, 3.05) is 0 Å². The summed E-state index contributed by atoms with van der Waals surface area (Å²) in [6, 6.07) is 0.305. The van der Waals surface area contributed by atoms with Gasteiger partial charge in [-0.3, -0.25) is 4.79 Å². The fraction of sp³-hybridized carbons (Fsp3) is 0.789. The van der Waals surface area contributed by atoms with Gasteiger partial charge in [-0.25, -0.2) is 0 Å². The van der Waals surface area contributed by atoms with Crippen LogP contribution in [0.25, 0.3) is 0 Å². The van der Waals surface area contributed by atoms with E-state index in [1.807, 2.05) is 0 Å². The van der Waals surface area contributed by atoms with Gasteiger partial charge in [0.05, 0.1) is 0 Å². The minimum absolute atomic E-state index is 0.0726. The van der Waals surface area contributed by atoms with Crippen LogP contribution < -0.4 is 5.32 Å². The Morgan fingerprint density at radius 2 is 1.95 bits per heavy atom. The number of fused-ring (bicyclic) bond motifs is 5. The Morgan fingerprint density at radius 1 is 1.14 bits per heavy atom. The second-order valence-corrected chi connectivity index (χ2v) is 8.58. The molecule has 0 radical (unpaired) electrons. The van der Waals surface area contributed by atoms with Crippen molar-refractivity contribution in [1.29, 1.82) is 0 Å². The van der Waals surface area contributed by atoms with Gasteiger partial charge in [-0.15, -0.1) is 0 Å². The van der Waals surface area contributed by atoms with Crippen LogP contribution in [0, 0.1) is 34.5 Å². The highest BCUT2D eigenvalue weighted by Crippen LogP contribution is 2.64. The van der Waals surface area contributed by atoms with Gasteiger partial charge in [0.15, 0.2) is 0 Å². The summed E-state index contributed by atoms with van der Waals surface area (Å²) >= 11 is 0. The molecule has 3 heteroatoms. The van der Waals surface area contributed by atoms with Crippen molar-refractivity contribution in [2.24, 2.45) is 34.5 Å². The summed E-state index contributed by atoms with van der Waals surface area (Å²) in [6.45, 7) is 4.71. The first-order valence-corrected chi connectivity index (χ1v) is 8.94. The minimum atomic E-state index is 0.0726. The van der Waals surface area contributed by atoms with Gasteiger partial charge in [-0.2, -0.15) is 0 Å². The van der Waals surface area contributed by atoms with Crippen molar-refractivity contribution >= 4 is 12.2 Å². The summed E-state index contributed by atoms with van der Waals surface area (Å²) in [5.74, 6) is 2.43. The second-order valence-electron chi connectivity index (χ2n) is 8.58. The van der Waals surface area contributed by atoms with Crippen molar-refractivity contribution in [2.45, 2.75) is 58.4 Å². The molecule has 3 nitrogen and oxygen atoms in total. The van der Waals surface area contributed by atoms with E-state index in [-0.39, 0.29) is 22.7 Å². The zero-order valence-corrected chi connectivity index (χ0v) is 13.7. The van der Waals surface area contributed by atoms with Gasteiger partial charge in [0.1, 0.15) is 6.29 Å². The van der Waals surface area contributed by atoms with Crippen molar-refractivity contribution in [1.82, 2.24) is 5.32 Å². The molecule has 0 aromatic rings. The van der Waals surface area contributed by atoms with Crippen LogP contribution in [0.3, 0.4) is 0 Å². The SMILES string of the molecule is CC12C=CC(=O)NC1CCC1C2CCC2(C)C(C=O)CCC12. The van der Waals surface area contributed by atoms with Gasteiger partial charge in [-0.05, 0) is 67.8 Å². The molecule has 3 fully saturated rings. The van der Waals surface area contributed by atoms with E-state index in [4.69, 9.17) is 0 Å². The molecule has 1 aliphatic heterocycles. The molecule has 7 atom stereocenters. The standard InChI is InChI=1S/C19H27NO2/c1-18-9-7-15-13(14(18)5-3-12(18)11-21)4-6-16-19(15,2)10-8-17(22)20-16/h8,10-16H,3-7,9H2,1-2H3,(H,20,22). The lowest BCUT2D eigenvalue weighted by Crippen LogP contribution is -2.59. The highest BCUT2D eigenvalue weighted by Gasteiger charge is 2.59. The zero-order chi connectivity index (χ0) is 15.5. The van der Waals surface area contributed by atoms with E-state index in [2.05, 4.69) is 25.2 Å². The molecule has 4 aliphatic rings. The highest BCUT2D eigenvalue weighted by molar-refractivity contribution is 5.89. The average Bonchev–Trinajstić information content (AvgIpc) is 2.84. The molecule has 3 saturated carbocycles.